The van der Waals surface area contributed by atoms with E-state index in [0.29, 0.717) is 13.2 Å². The minimum absolute atomic E-state index is 0.127. The summed E-state index contributed by atoms with van der Waals surface area (Å²) in [6.45, 7) is 12.5. The van der Waals surface area contributed by atoms with Crippen LogP contribution >= 0.6 is 0 Å². The van der Waals surface area contributed by atoms with Crippen molar-refractivity contribution in [2.45, 2.75) is 63.1 Å². The molecule has 4 rings (SSSR count). The predicted octanol–water partition coefficient (Wildman–Crippen LogP) is 7.19. The van der Waals surface area contributed by atoms with Crippen molar-refractivity contribution in [3.05, 3.63) is 95.6 Å². The summed E-state index contributed by atoms with van der Waals surface area (Å²) in [6, 6.07) is 26.7. The molecule has 0 N–H and O–H groups in total. The van der Waals surface area contributed by atoms with Crippen molar-refractivity contribution in [1.82, 2.24) is 0 Å². The topological polar surface area (TPSA) is 46.2 Å². The SMILES string of the molecule is COc1ccc(C(O[C@H]2CCO[C@@H]2CO[Si](C)(C)C(C)(C)C)(c2ccccc2)c2ccc(OC)cc2)cc1. The van der Waals surface area contributed by atoms with E-state index in [1.165, 1.54) is 0 Å². The van der Waals surface area contributed by atoms with Crippen LogP contribution in [0.3, 0.4) is 0 Å². The van der Waals surface area contributed by atoms with E-state index in [1.807, 2.05) is 30.3 Å². The fourth-order valence-corrected chi connectivity index (χ4v) is 5.70. The molecule has 0 spiro atoms. The summed E-state index contributed by atoms with van der Waals surface area (Å²) in [5, 5.41) is 0.127. The summed E-state index contributed by atoms with van der Waals surface area (Å²) < 4.78 is 31.1. The Kier molecular flexibility index (Phi) is 8.67. The van der Waals surface area contributed by atoms with E-state index in [4.69, 9.17) is 23.4 Å². The first kappa shape index (κ1) is 28.4. The lowest BCUT2D eigenvalue weighted by Crippen LogP contribution is -2.46. The molecule has 0 amide bonds. The van der Waals surface area contributed by atoms with Gasteiger partial charge in [-0.2, -0.15) is 0 Å². The first-order valence-corrected chi connectivity index (χ1v) is 16.3. The Morgan fingerprint density at radius 3 is 1.74 bits per heavy atom. The van der Waals surface area contributed by atoms with Crippen molar-refractivity contribution in [2.24, 2.45) is 0 Å². The summed E-state index contributed by atoms with van der Waals surface area (Å²) in [5.41, 5.74) is 2.22. The van der Waals surface area contributed by atoms with Crippen LogP contribution in [0.4, 0.5) is 0 Å². The van der Waals surface area contributed by atoms with Crippen LogP contribution < -0.4 is 9.47 Å². The molecule has 38 heavy (non-hydrogen) atoms. The Morgan fingerprint density at radius 1 is 0.763 bits per heavy atom. The van der Waals surface area contributed by atoms with Gasteiger partial charge in [0.15, 0.2) is 8.32 Å². The molecule has 1 saturated heterocycles. The fraction of sp³-hybridized carbons (Fsp3) is 0.438. The van der Waals surface area contributed by atoms with Crippen LogP contribution in [-0.4, -0.2) is 48.0 Å². The minimum Gasteiger partial charge on any atom is -0.497 e. The second kappa shape index (κ2) is 11.6. The van der Waals surface area contributed by atoms with E-state index >= 15 is 0 Å². The molecule has 204 valence electrons. The van der Waals surface area contributed by atoms with Crippen LogP contribution in [0.1, 0.15) is 43.9 Å². The maximum atomic E-state index is 7.30. The Labute approximate surface area is 229 Å². The third-order valence-corrected chi connectivity index (χ3v) is 12.6. The van der Waals surface area contributed by atoms with Gasteiger partial charge >= 0.3 is 0 Å². The number of rotatable bonds is 10. The van der Waals surface area contributed by atoms with E-state index in [1.54, 1.807) is 14.2 Å². The van der Waals surface area contributed by atoms with E-state index in [-0.39, 0.29) is 17.2 Å². The highest BCUT2D eigenvalue weighted by atomic mass is 28.4. The summed E-state index contributed by atoms with van der Waals surface area (Å²) in [7, 11) is 1.43. The van der Waals surface area contributed by atoms with Gasteiger partial charge in [-0.1, -0.05) is 75.4 Å². The quantitative estimate of drug-likeness (QED) is 0.203. The van der Waals surface area contributed by atoms with Gasteiger partial charge in [0.05, 0.1) is 26.9 Å². The Bertz CT molecular complexity index is 1110. The van der Waals surface area contributed by atoms with Gasteiger partial charge in [-0.15, -0.1) is 0 Å². The molecule has 0 bridgehead atoms. The van der Waals surface area contributed by atoms with Crippen molar-refractivity contribution in [1.29, 1.82) is 0 Å². The summed E-state index contributed by atoms with van der Waals surface area (Å²) >= 11 is 0. The van der Waals surface area contributed by atoms with Gasteiger partial charge < -0.3 is 23.4 Å². The van der Waals surface area contributed by atoms with Crippen LogP contribution in [0.2, 0.25) is 18.1 Å². The Balaban J connectivity index is 1.78. The normalized spacial score (nSPS) is 18.4. The highest BCUT2D eigenvalue weighted by Crippen LogP contribution is 2.44. The van der Waals surface area contributed by atoms with Gasteiger partial charge in [-0.3, -0.25) is 0 Å². The molecule has 1 heterocycles. The molecule has 2 atom stereocenters. The van der Waals surface area contributed by atoms with Gasteiger partial charge in [0.2, 0.25) is 0 Å². The van der Waals surface area contributed by atoms with Crippen LogP contribution in [0.15, 0.2) is 78.9 Å². The molecular formula is C32H42O5Si. The zero-order valence-electron chi connectivity index (χ0n) is 23.8. The fourth-order valence-electron chi connectivity index (χ4n) is 4.68. The second-order valence-corrected chi connectivity index (χ2v) is 16.2. The number of methoxy groups -OCH3 is 2. The van der Waals surface area contributed by atoms with Crippen LogP contribution in [0, 0.1) is 0 Å². The molecule has 0 saturated carbocycles. The van der Waals surface area contributed by atoms with Crippen molar-refractivity contribution in [3.8, 4) is 11.5 Å². The molecule has 3 aromatic carbocycles. The van der Waals surface area contributed by atoms with Gasteiger partial charge in [-0.25, -0.2) is 0 Å². The lowest BCUT2D eigenvalue weighted by molar-refractivity contribution is -0.0885. The van der Waals surface area contributed by atoms with E-state index < -0.39 is 13.9 Å². The lowest BCUT2D eigenvalue weighted by atomic mass is 9.79. The summed E-state index contributed by atoms with van der Waals surface area (Å²) in [5.74, 6) is 1.60. The average Bonchev–Trinajstić information content (AvgIpc) is 3.37. The molecule has 1 aliphatic rings. The zero-order valence-corrected chi connectivity index (χ0v) is 24.8. The number of hydrogen-bond donors (Lipinski definition) is 0. The smallest absolute Gasteiger partial charge is 0.192 e. The molecule has 3 aromatic rings. The van der Waals surface area contributed by atoms with Crippen molar-refractivity contribution in [2.75, 3.05) is 27.4 Å². The van der Waals surface area contributed by atoms with E-state index in [9.17, 15) is 0 Å². The maximum Gasteiger partial charge on any atom is 0.192 e. The van der Waals surface area contributed by atoms with Crippen LogP contribution in [-0.2, 0) is 19.5 Å². The van der Waals surface area contributed by atoms with Gasteiger partial charge in [0.1, 0.15) is 23.2 Å². The van der Waals surface area contributed by atoms with Crippen LogP contribution in [0.25, 0.3) is 0 Å². The average molecular weight is 535 g/mol. The largest absolute Gasteiger partial charge is 0.497 e. The van der Waals surface area contributed by atoms with Crippen molar-refractivity contribution >= 4 is 8.32 Å². The second-order valence-electron chi connectivity index (χ2n) is 11.4. The number of hydrogen-bond acceptors (Lipinski definition) is 5. The monoisotopic (exact) mass is 534 g/mol. The first-order chi connectivity index (χ1) is 18.1. The molecular weight excluding hydrogens is 492 g/mol. The highest BCUT2D eigenvalue weighted by molar-refractivity contribution is 6.74. The molecule has 0 unspecified atom stereocenters. The van der Waals surface area contributed by atoms with E-state index in [2.05, 4.69) is 82.4 Å². The van der Waals surface area contributed by atoms with Crippen LogP contribution in [0.5, 0.6) is 11.5 Å². The minimum atomic E-state index is -1.94. The third-order valence-electron chi connectivity index (χ3n) is 8.07. The molecule has 0 radical (unpaired) electrons. The van der Waals surface area contributed by atoms with Gasteiger partial charge in [0, 0.05) is 6.61 Å². The lowest BCUT2D eigenvalue weighted by Gasteiger charge is -2.40. The van der Waals surface area contributed by atoms with Gasteiger partial charge in [-0.05, 0) is 65.5 Å². The van der Waals surface area contributed by atoms with Crippen molar-refractivity contribution in [3.63, 3.8) is 0 Å². The first-order valence-electron chi connectivity index (χ1n) is 13.4. The standard InChI is InChI=1S/C32H42O5Si/c1-31(2,3)38(6,7)36-23-30-29(21-22-35-30)37-32(24-11-9-8-10-12-24,25-13-17-27(33-4)18-14-25)26-15-19-28(34-5)20-16-26/h8-20,29-30H,21-23H2,1-7H3/t29-,30+/m0/s1. The molecule has 0 aliphatic carbocycles. The number of ether oxygens (including phenoxy) is 4. The van der Waals surface area contributed by atoms with Crippen molar-refractivity contribution < 1.29 is 23.4 Å². The molecule has 6 heteroatoms. The van der Waals surface area contributed by atoms with Gasteiger partial charge in [0.25, 0.3) is 0 Å². The summed E-state index contributed by atoms with van der Waals surface area (Å²) in [4.78, 5) is 0. The molecule has 1 fully saturated rings. The van der Waals surface area contributed by atoms with E-state index in [0.717, 1.165) is 34.6 Å². The molecule has 0 aromatic heterocycles. The molecule has 5 nitrogen and oxygen atoms in total. The summed E-state index contributed by atoms with van der Waals surface area (Å²) in [6.07, 6.45) is 0.500. The maximum absolute atomic E-state index is 7.30. The third kappa shape index (κ3) is 5.84. The number of benzene rings is 3. The Morgan fingerprint density at radius 2 is 1.26 bits per heavy atom. The zero-order chi connectivity index (χ0) is 27.4. The predicted molar refractivity (Wildman–Crippen MR) is 155 cm³/mol. The Hall–Kier alpha value is -2.64. The molecule has 1 aliphatic heterocycles. The highest BCUT2D eigenvalue weighted by Gasteiger charge is 2.45.